The lowest BCUT2D eigenvalue weighted by atomic mass is 10.0. The number of anilines is 15. The molecule has 0 bridgehead atoms. The molecule has 0 N–H and O–H groups in total. The third kappa shape index (κ3) is 19.3. The monoisotopic (exact) mass is 1710 g/mol. The summed E-state index contributed by atoms with van der Waals surface area (Å²) in [7, 11) is 8.00. The molecule has 642 valence electrons. The highest BCUT2D eigenvalue weighted by Gasteiger charge is 2.22. The lowest BCUT2D eigenvalue weighted by Gasteiger charge is -2.27. The van der Waals surface area contributed by atoms with Crippen molar-refractivity contribution in [1.82, 2.24) is 0 Å². The Kier molecular flexibility index (Phi) is 25.5. The molecule has 0 heterocycles. The molecule has 0 aliphatic carbocycles. The van der Waals surface area contributed by atoms with Crippen molar-refractivity contribution in [3.8, 4) is 72.5 Å². The minimum absolute atomic E-state index is 0.856. The van der Waals surface area contributed by atoms with Crippen LogP contribution in [0.5, 0.6) is 5.75 Å². The van der Waals surface area contributed by atoms with Gasteiger partial charge in [0.25, 0.3) is 0 Å². The SMILES string of the molecule is COc1ccc(N(C)c2ccc(-c3ccc(N(c4ccc(-c5ccccc5)cc4)c4cccc5ccccc45)cc3)cc2)cc1.Cc1ccc(N(C)c2ccc(-c3ccc(N(c4ccc(-c5ccccc5)cc4)c4cccc5ccccc45)cc3)cc2)cc1.Cc1cccc(N(C)c2ccc(-c3ccc(N(c4ccc(-c5ccccc5)cc4)c4cccc5ccccc45)cc3)cc2)c1. The molecule has 0 aliphatic rings. The van der Waals surface area contributed by atoms with E-state index in [2.05, 4.69) is 562 Å². The molecular formula is C126H102N6O. The average molecular weight is 1720 g/mol. The van der Waals surface area contributed by atoms with Gasteiger partial charge in [-0.15, -0.1) is 0 Å². The van der Waals surface area contributed by atoms with E-state index in [-0.39, 0.29) is 0 Å². The molecule has 7 heteroatoms. The summed E-state index contributed by atoms with van der Waals surface area (Å²) in [4.78, 5) is 13.7. The van der Waals surface area contributed by atoms with Gasteiger partial charge in [-0.1, -0.05) is 339 Å². The van der Waals surface area contributed by atoms with Gasteiger partial charge in [0.05, 0.1) is 24.2 Å². The van der Waals surface area contributed by atoms with Gasteiger partial charge in [0.15, 0.2) is 0 Å². The van der Waals surface area contributed by atoms with E-state index in [1.807, 2.05) is 12.1 Å². The molecule has 0 atom stereocenters. The fourth-order valence-electron chi connectivity index (χ4n) is 17.7. The molecule has 21 rings (SSSR count). The fraction of sp³-hybridized carbons (Fsp3) is 0.0476. The maximum atomic E-state index is 5.31. The van der Waals surface area contributed by atoms with Crippen LogP contribution in [0, 0.1) is 13.8 Å². The van der Waals surface area contributed by atoms with E-state index in [0.717, 1.165) is 79.7 Å². The quantitative estimate of drug-likeness (QED) is 0.0668. The zero-order chi connectivity index (χ0) is 90.4. The Hall–Kier alpha value is -17.0. The van der Waals surface area contributed by atoms with Crippen LogP contribution in [0.3, 0.4) is 0 Å². The Morgan fingerprint density at radius 2 is 0.361 bits per heavy atom. The summed E-state index contributed by atoms with van der Waals surface area (Å²) in [6.07, 6.45) is 0. The minimum Gasteiger partial charge on any atom is -0.497 e. The van der Waals surface area contributed by atoms with E-state index >= 15 is 0 Å². The molecule has 0 aliphatic heterocycles. The van der Waals surface area contributed by atoms with Gasteiger partial charge in [-0.2, -0.15) is 0 Å². The Bertz CT molecular complexity index is 7440. The van der Waals surface area contributed by atoms with Crippen molar-refractivity contribution in [2.75, 3.05) is 57.7 Å². The van der Waals surface area contributed by atoms with Crippen LogP contribution in [-0.4, -0.2) is 28.3 Å². The molecule has 0 fully saturated rings. The van der Waals surface area contributed by atoms with Crippen molar-refractivity contribution >= 4 is 118 Å². The lowest BCUT2D eigenvalue weighted by Crippen LogP contribution is -2.10. The summed E-state index contributed by atoms with van der Waals surface area (Å²) in [5, 5.41) is 7.33. The van der Waals surface area contributed by atoms with Crippen LogP contribution >= 0.6 is 0 Å². The second-order valence-corrected chi connectivity index (χ2v) is 33.6. The third-order valence-electron chi connectivity index (χ3n) is 25.1. The number of aryl methyl sites for hydroxylation is 2. The first-order valence-electron chi connectivity index (χ1n) is 45.4. The van der Waals surface area contributed by atoms with Crippen LogP contribution in [0.4, 0.5) is 85.3 Å². The predicted molar refractivity (Wildman–Crippen MR) is 568 cm³/mol. The highest BCUT2D eigenvalue weighted by atomic mass is 16.5. The lowest BCUT2D eigenvalue weighted by molar-refractivity contribution is 0.415. The molecule has 0 spiro atoms. The van der Waals surface area contributed by atoms with E-state index in [1.54, 1.807) is 7.11 Å². The van der Waals surface area contributed by atoms with Crippen LogP contribution < -0.4 is 34.1 Å². The molecule has 21 aromatic carbocycles. The van der Waals surface area contributed by atoms with Crippen molar-refractivity contribution in [2.24, 2.45) is 0 Å². The van der Waals surface area contributed by atoms with Gasteiger partial charge in [-0.05, 0) is 278 Å². The van der Waals surface area contributed by atoms with Gasteiger partial charge in [0.2, 0.25) is 0 Å². The molecule has 0 radical (unpaired) electrons. The van der Waals surface area contributed by atoms with E-state index in [1.165, 1.54) is 122 Å². The summed E-state index contributed by atoms with van der Waals surface area (Å²) < 4.78 is 5.31. The number of hydrogen-bond donors (Lipinski definition) is 0. The van der Waals surface area contributed by atoms with Gasteiger partial charge in [-0.25, -0.2) is 0 Å². The van der Waals surface area contributed by atoms with E-state index in [4.69, 9.17) is 4.74 Å². The van der Waals surface area contributed by atoms with E-state index in [9.17, 15) is 0 Å². The normalized spacial score (nSPS) is 10.9. The standard InChI is InChI=1S/C42H34N2O.2C42H34N2/c1-43(37-27-29-40(45-2)30-28-37)36-21-15-33(16-22-36)34-19-25-39(26-20-34)44(42-14-8-12-35-11-6-7-13-41(35)42)38-23-17-32(18-24-38)31-9-4-3-5-10-31;1-31-10-8-15-40(30-31)43(2)37-24-18-34(19-25-37)35-22-28-39(29-23-35)44(42-17-9-14-36-13-6-7-16-41(36)42)38-26-20-33(21-27-38)32-11-4-3-5-12-32;1-31-15-23-37(24-16-31)43(2)38-25-17-34(18-26-38)35-21-29-40(30-22-35)44(42-14-8-12-36-11-6-7-13-41(36)42)39-27-19-33(20-28-39)32-9-4-3-5-10-32/h3-30H,1-2H3;2*3-30H,1-2H3. The largest absolute Gasteiger partial charge is 0.497 e. The van der Waals surface area contributed by atoms with Crippen molar-refractivity contribution in [3.63, 3.8) is 0 Å². The summed E-state index contributed by atoms with van der Waals surface area (Å²) in [5.74, 6) is 0.856. The zero-order valence-electron chi connectivity index (χ0n) is 75.6. The first-order valence-corrected chi connectivity index (χ1v) is 45.4. The number of rotatable bonds is 22. The number of methoxy groups -OCH3 is 1. The van der Waals surface area contributed by atoms with E-state index in [0.29, 0.717) is 0 Å². The van der Waals surface area contributed by atoms with Gasteiger partial charge in [0, 0.05) is 106 Å². The highest BCUT2D eigenvalue weighted by Crippen LogP contribution is 2.46. The van der Waals surface area contributed by atoms with Crippen LogP contribution in [0.15, 0.2) is 510 Å². The topological polar surface area (TPSA) is 28.7 Å². The Morgan fingerprint density at radius 3 is 0.617 bits per heavy atom. The van der Waals surface area contributed by atoms with Crippen LogP contribution in [-0.2, 0) is 0 Å². The van der Waals surface area contributed by atoms with Crippen LogP contribution in [0.25, 0.3) is 99.1 Å². The molecule has 7 nitrogen and oxygen atoms in total. The molecule has 0 amide bonds. The summed E-state index contributed by atoms with van der Waals surface area (Å²) in [6, 6.07) is 182. The maximum Gasteiger partial charge on any atom is 0.119 e. The van der Waals surface area contributed by atoms with Gasteiger partial charge in [0.1, 0.15) is 5.75 Å². The summed E-state index contributed by atoms with van der Waals surface area (Å²) >= 11 is 0. The molecule has 21 aromatic rings. The Morgan fingerprint density at radius 1 is 0.158 bits per heavy atom. The second kappa shape index (κ2) is 39.7. The third-order valence-corrected chi connectivity index (χ3v) is 25.1. The number of fused-ring (bicyclic) bond motifs is 3. The average Bonchev–Trinajstić information content (AvgIpc) is 0.780. The van der Waals surface area contributed by atoms with Gasteiger partial charge < -0.3 is 34.1 Å². The molecule has 0 aromatic heterocycles. The zero-order valence-corrected chi connectivity index (χ0v) is 75.6. The maximum absolute atomic E-state index is 5.31. The van der Waals surface area contributed by atoms with Crippen molar-refractivity contribution < 1.29 is 4.74 Å². The number of ether oxygens (including phenoxy) is 1. The fourth-order valence-corrected chi connectivity index (χ4v) is 17.7. The minimum atomic E-state index is 0.856. The molecule has 133 heavy (non-hydrogen) atoms. The smallest absolute Gasteiger partial charge is 0.119 e. The van der Waals surface area contributed by atoms with Crippen molar-refractivity contribution in [3.05, 3.63) is 521 Å². The number of benzene rings is 21. The predicted octanol–water partition coefficient (Wildman–Crippen LogP) is 34.9. The van der Waals surface area contributed by atoms with Crippen molar-refractivity contribution in [1.29, 1.82) is 0 Å². The second-order valence-electron chi connectivity index (χ2n) is 33.6. The molecule has 0 unspecified atom stereocenters. The van der Waals surface area contributed by atoms with E-state index < -0.39 is 0 Å². The first-order chi connectivity index (χ1) is 65.4. The highest BCUT2D eigenvalue weighted by molar-refractivity contribution is 6.02. The first kappa shape index (κ1) is 85.4. The van der Waals surface area contributed by atoms with Gasteiger partial charge >= 0.3 is 0 Å². The van der Waals surface area contributed by atoms with Crippen LogP contribution in [0.1, 0.15) is 11.1 Å². The number of hydrogen-bond acceptors (Lipinski definition) is 7. The van der Waals surface area contributed by atoms with Gasteiger partial charge in [-0.3, -0.25) is 0 Å². The summed E-state index contributed by atoms with van der Waals surface area (Å²) in [5.41, 5.74) is 34.0. The van der Waals surface area contributed by atoms with Crippen molar-refractivity contribution in [2.45, 2.75) is 13.8 Å². The van der Waals surface area contributed by atoms with Crippen LogP contribution in [0.2, 0.25) is 0 Å². The molecule has 0 saturated carbocycles. The Balaban J connectivity index is 0.000000129. The molecular weight excluding hydrogens is 1610 g/mol. The number of nitrogens with zero attached hydrogens (tertiary/aromatic N) is 6. The summed E-state index contributed by atoms with van der Waals surface area (Å²) in [6.45, 7) is 4.25. The Labute approximate surface area is 781 Å². The molecule has 0 saturated heterocycles.